The van der Waals surface area contributed by atoms with Gasteiger partial charge in [0.1, 0.15) is 0 Å². The molecule has 0 bridgehead atoms. The van der Waals surface area contributed by atoms with Crippen molar-refractivity contribution in [1.29, 1.82) is 0 Å². The maximum absolute atomic E-state index is 12.1. The molecular weight excluding hydrogens is 264 g/mol. The molecule has 0 saturated heterocycles. The molecule has 2 N–H and O–H groups in total. The quantitative estimate of drug-likeness (QED) is 0.889. The first-order chi connectivity index (χ1) is 9.01. The Morgan fingerprint density at radius 2 is 2.11 bits per heavy atom. The summed E-state index contributed by atoms with van der Waals surface area (Å²) in [5.74, 6) is -1.47. The lowest BCUT2D eigenvalue weighted by molar-refractivity contribution is -0.141. The van der Waals surface area contributed by atoms with E-state index in [1.54, 1.807) is 0 Å². The monoisotopic (exact) mass is 282 g/mol. The molecule has 1 aromatic heterocycles. The number of hydrogen-bond donors (Lipinski definition) is 2. The molecule has 1 amide bonds. The highest BCUT2D eigenvalue weighted by Gasteiger charge is 2.34. The van der Waals surface area contributed by atoms with Crippen LogP contribution < -0.4 is 5.32 Å². The second-order valence-corrected chi connectivity index (χ2v) is 6.11. The maximum Gasteiger partial charge on any atom is 0.306 e. The Bertz CT molecular complexity index is 498. The smallest absolute Gasteiger partial charge is 0.306 e. The molecule has 0 aromatic carbocycles. The fourth-order valence-electron chi connectivity index (χ4n) is 2.46. The number of nitrogens with one attached hydrogen (secondary N) is 1. The fourth-order valence-corrected chi connectivity index (χ4v) is 3.37. The molecule has 1 saturated carbocycles. The molecule has 0 aliphatic heterocycles. The van der Waals surface area contributed by atoms with Crippen molar-refractivity contribution in [1.82, 2.24) is 4.98 Å². The maximum atomic E-state index is 12.1. The molecule has 1 fully saturated rings. The lowest BCUT2D eigenvalue weighted by Gasteiger charge is -2.08. The fraction of sp³-hybridized carbons (Fsp3) is 0.615. The van der Waals surface area contributed by atoms with Gasteiger partial charge < -0.3 is 10.4 Å². The summed E-state index contributed by atoms with van der Waals surface area (Å²) >= 11 is 1.47. The van der Waals surface area contributed by atoms with Crippen LogP contribution in [0.4, 0.5) is 5.13 Å². The molecule has 0 radical (unpaired) electrons. The first kappa shape index (κ1) is 14.0. The van der Waals surface area contributed by atoms with Gasteiger partial charge in [0.2, 0.25) is 5.91 Å². The van der Waals surface area contributed by atoms with Gasteiger partial charge in [-0.25, -0.2) is 4.98 Å². The van der Waals surface area contributed by atoms with E-state index in [0.717, 1.165) is 17.0 Å². The lowest BCUT2D eigenvalue weighted by Crippen LogP contribution is -2.21. The van der Waals surface area contributed by atoms with Crippen LogP contribution in [0.5, 0.6) is 0 Å². The van der Waals surface area contributed by atoms with Crippen LogP contribution in [0.15, 0.2) is 0 Å². The number of thiazole rings is 1. The van der Waals surface area contributed by atoms with Crippen LogP contribution in [0.25, 0.3) is 0 Å². The highest BCUT2D eigenvalue weighted by Crippen LogP contribution is 2.32. The summed E-state index contributed by atoms with van der Waals surface area (Å²) in [6, 6.07) is 0. The third kappa shape index (κ3) is 3.12. The van der Waals surface area contributed by atoms with E-state index in [9.17, 15) is 9.59 Å². The molecule has 0 spiro atoms. The number of carboxylic acids is 1. The molecule has 1 aromatic rings. The van der Waals surface area contributed by atoms with Crippen LogP contribution in [0.1, 0.15) is 36.8 Å². The predicted molar refractivity (Wildman–Crippen MR) is 73.3 cm³/mol. The number of amides is 1. The number of carbonyl (C=O) groups is 2. The number of aromatic nitrogens is 1. The van der Waals surface area contributed by atoms with E-state index in [2.05, 4.69) is 10.3 Å². The van der Waals surface area contributed by atoms with Crippen molar-refractivity contribution in [2.24, 2.45) is 11.8 Å². The molecule has 2 atom stereocenters. The lowest BCUT2D eigenvalue weighted by atomic mass is 10.0. The van der Waals surface area contributed by atoms with Crippen molar-refractivity contribution >= 4 is 28.3 Å². The molecule has 104 valence electrons. The zero-order valence-corrected chi connectivity index (χ0v) is 11.9. The number of nitrogens with zero attached hydrogens (tertiary/aromatic N) is 1. The van der Waals surface area contributed by atoms with Crippen molar-refractivity contribution < 1.29 is 14.7 Å². The zero-order valence-electron chi connectivity index (χ0n) is 11.1. The number of carboxylic acid groups (broad SMARTS) is 1. The summed E-state index contributed by atoms with van der Waals surface area (Å²) in [4.78, 5) is 28.4. The molecule has 1 aliphatic rings. The Labute approximate surface area is 116 Å². The van der Waals surface area contributed by atoms with Gasteiger partial charge in [-0.05, 0) is 32.6 Å². The van der Waals surface area contributed by atoms with E-state index < -0.39 is 5.97 Å². The number of aryl methyl sites for hydroxylation is 2. The standard InChI is InChI=1S/C13H18N2O3S/c1-3-10-7(2)19-13(14-10)15-11(16)8-4-5-9(6-8)12(17)18/h8-9H,3-6H2,1-2H3,(H,17,18)(H,14,15,16). The Morgan fingerprint density at radius 1 is 1.42 bits per heavy atom. The first-order valence-corrected chi connectivity index (χ1v) is 7.32. The minimum atomic E-state index is -0.798. The van der Waals surface area contributed by atoms with Crippen LogP contribution in [-0.2, 0) is 16.0 Å². The van der Waals surface area contributed by atoms with E-state index >= 15 is 0 Å². The Hall–Kier alpha value is -1.43. The summed E-state index contributed by atoms with van der Waals surface area (Å²) in [6.45, 7) is 4.02. The third-order valence-electron chi connectivity index (χ3n) is 3.61. The summed E-state index contributed by atoms with van der Waals surface area (Å²) in [6.07, 6.45) is 2.52. The SMILES string of the molecule is CCc1nc(NC(=O)C2CCC(C(=O)O)C2)sc1C. The molecular formula is C13H18N2O3S. The van der Waals surface area contributed by atoms with Crippen LogP contribution in [0.3, 0.4) is 0 Å². The molecule has 1 heterocycles. The minimum absolute atomic E-state index is 0.0971. The summed E-state index contributed by atoms with van der Waals surface area (Å²) < 4.78 is 0. The van der Waals surface area contributed by atoms with E-state index in [4.69, 9.17) is 5.11 Å². The first-order valence-electron chi connectivity index (χ1n) is 6.51. The Balaban J connectivity index is 1.96. The van der Waals surface area contributed by atoms with E-state index in [-0.39, 0.29) is 17.7 Å². The van der Waals surface area contributed by atoms with Crippen molar-refractivity contribution in [2.75, 3.05) is 5.32 Å². The summed E-state index contributed by atoms with van der Waals surface area (Å²) in [5, 5.41) is 12.4. The highest BCUT2D eigenvalue weighted by molar-refractivity contribution is 7.15. The second-order valence-electron chi connectivity index (χ2n) is 4.91. The van der Waals surface area contributed by atoms with Crippen molar-refractivity contribution in [3.63, 3.8) is 0 Å². The number of hydrogen-bond acceptors (Lipinski definition) is 4. The summed E-state index contributed by atoms with van der Waals surface area (Å²) in [5.41, 5.74) is 1.01. The van der Waals surface area contributed by atoms with Gasteiger partial charge in [0, 0.05) is 10.8 Å². The Morgan fingerprint density at radius 3 is 2.63 bits per heavy atom. The topological polar surface area (TPSA) is 79.3 Å². The van der Waals surface area contributed by atoms with Crippen LogP contribution in [-0.4, -0.2) is 22.0 Å². The van der Waals surface area contributed by atoms with Crippen LogP contribution in [0, 0.1) is 18.8 Å². The third-order valence-corrected chi connectivity index (χ3v) is 4.54. The van der Waals surface area contributed by atoms with Gasteiger partial charge >= 0.3 is 5.97 Å². The molecule has 1 aliphatic carbocycles. The molecule has 2 rings (SSSR count). The van der Waals surface area contributed by atoms with E-state index in [1.165, 1.54) is 11.3 Å². The number of rotatable bonds is 4. The number of aliphatic carboxylic acids is 1. The van der Waals surface area contributed by atoms with Crippen LogP contribution in [0.2, 0.25) is 0 Å². The summed E-state index contributed by atoms with van der Waals surface area (Å²) in [7, 11) is 0. The number of carbonyl (C=O) groups excluding carboxylic acids is 1. The molecule has 2 unspecified atom stereocenters. The zero-order chi connectivity index (χ0) is 14.0. The predicted octanol–water partition coefficient (Wildman–Crippen LogP) is 2.45. The average Bonchev–Trinajstić information content (AvgIpc) is 2.95. The van der Waals surface area contributed by atoms with Gasteiger partial charge in [-0.15, -0.1) is 11.3 Å². The molecule has 6 heteroatoms. The van der Waals surface area contributed by atoms with Gasteiger partial charge in [-0.1, -0.05) is 6.92 Å². The number of anilines is 1. The second kappa shape index (κ2) is 5.69. The van der Waals surface area contributed by atoms with Crippen molar-refractivity contribution in [2.45, 2.75) is 39.5 Å². The van der Waals surface area contributed by atoms with Crippen molar-refractivity contribution in [3.05, 3.63) is 10.6 Å². The normalized spacial score (nSPS) is 22.4. The average molecular weight is 282 g/mol. The van der Waals surface area contributed by atoms with Gasteiger partial charge in [-0.2, -0.15) is 0 Å². The molecule has 19 heavy (non-hydrogen) atoms. The van der Waals surface area contributed by atoms with Crippen molar-refractivity contribution in [3.8, 4) is 0 Å². The van der Waals surface area contributed by atoms with Gasteiger partial charge in [-0.3, -0.25) is 9.59 Å². The molecule has 5 nitrogen and oxygen atoms in total. The van der Waals surface area contributed by atoms with Gasteiger partial charge in [0.05, 0.1) is 11.6 Å². The highest BCUT2D eigenvalue weighted by atomic mass is 32.1. The Kier molecular flexibility index (Phi) is 4.19. The van der Waals surface area contributed by atoms with Gasteiger partial charge in [0.15, 0.2) is 5.13 Å². The largest absolute Gasteiger partial charge is 0.481 e. The van der Waals surface area contributed by atoms with Crippen LogP contribution >= 0.6 is 11.3 Å². The minimum Gasteiger partial charge on any atom is -0.481 e. The van der Waals surface area contributed by atoms with E-state index in [1.807, 2.05) is 13.8 Å². The van der Waals surface area contributed by atoms with E-state index in [0.29, 0.717) is 24.4 Å². The van der Waals surface area contributed by atoms with Gasteiger partial charge in [0.25, 0.3) is 0 Å².